The van der Waals surface area contributed by atoms with Gasteiger partial charge in [-0.25, -0.2) is 4.79 Å². The van der Waals surface area contributed by atoms with Crippen LogP contribution in [0, 0.1) is 0 Å². The molecule has 0 atom stereocenters. The maximum Gasteiger partial charge on any atom is 0.336 e. The first-order valence-corrected chi connectivity index (χ1v) is 25.4. The molecule has 1 aliphatic heterocycles. The van der Waals surface area contributed by atoms with Gasteiger partial charge in [-0.3, -0.25) is 14.8 Å². The van der Waals surface area contributed by atoms with Crippen molar-refractivity contribution < 1.29 is 19.4 Å². The predicted octanol–water partition coefficient (Wildman–Crippen LogP) is 15.5. The van der Waals surface area contributed by atoms with Crippen molar-refractivity contribution >= 4 is 61.7 Å². The number of nitrogens with one attached hydrogen (secondary N) is 2. The first-order chi connectivity index (χ1) is 37.2. The Hall–Kier alpha value is -9.57. The van der Waals surface area contributed by atoms with E-state index in [1.165, 1.54) is 0 Å². The molecule has 3 heterocycles. The molecule has 76 heavy (non-hydrogen) atoms. The highest BCUT2D eigenvalue weighted by molar-refractivity contribution is 6.31. The molecular weight excluding hydrogens is 964 g/mol. The maximum atomic E-state index is 14.6. The van der Waals surface area contributed by atoms with Crippen LogP contribution in [0.15, 0.2) is 222 Å². The number of halogens is 1. The number of rotatable bonds is 14. The molecule has 9 nitrogen and oxygen atoms in total. The summed E-state index contributed by atoms with van der Waals surface area (Å²) in [6, 6.07) is 68.7. The average Bonchev–Trinajstić information content (AvgIpc) is 3.51. The fraction of sp³-hybridized carbons (Fsp3) is 0.0606. The molecule has 0 saturated carbocycles. The molecule has 0 fully saturated rings. The Morgan fingerprint density at radius 3 is 1.57 bits per heavy atom. The first kappa shape index (κ1) is 47.4. The number of aromatic hydroxyl groups is 1. The topological polar surface area (TPSA) is 138 Å². The van der Waals surface area contributed by atoms with Crippen molar-refractivity contribution in [2.24, 2.45) is 0 Å². The Kier molecular flexibility index (Phi) is 12.7. The standard InChI is InChI=1S/C66H47ClN4O5/c67-56-37-53-60(50-23-13-14-24-51(50)66(74)75)52-29-30-59(72)54(38-68-57-35-46(42-19-9-3-10-20-42)33-44-25-27-48(70-61(44)57)31-40-15-5-1-6-16-40)64(52)76-65(53)55(63(56)73)39-69-58-36-47(43-21-11-4-12-22-43)34-45-26-28-49(71-62(45)58)32-41-17-7-2-8-18-41/h1-30,33-37,68-69,72H,31-32,38-39H2,(H,74,75). The lowest BCUT2D eigenvalue weighted by molar-refractivity contribution is 0.0697. The highest BCUT2D eigenvalue weighted by atomic mass is 35.5. The molecule has 0 saturated heterocycles. The van der Waals surface area contributed by atoms with Gasteiger partial charge in [-0.1, -0.05) is 163 Å². The predicted molar refractivity (Wildman–Crippen MR) is 306 cm³/mol. The molecule has 10 heteroatoms. The molecule has 10 aromatic rings. The largest absolute Gasteiger partial charge is 0.507 e. The van der Waals surface area contributed by atoms with E-state index in [9.17, 15) is 19.8 Å². The molecule has 0 unspecified atom stereocenters. The van der Waals surface area contributed by atoms with Crippen LogP contribution in [0.1, 0.15) is 44.0 Å². The van der Waals surface area contributed by atoms with Gasteiger partial charge in [0.1, 0.15) is 17.1 Å². The van der Waals surface area contributed by atoms with Crippen LogP contribution in [0.25, 0.3) is 77.5 Å². The molecule has 8 aromatic carbocycles. The van der Waals surface area contributed by atoms with Crippen LogP contribution in [-0.4, -0.2) is 26.2 Å². The second-order valence-corrected chi connectivity index (χ2v) is 19.3. The molecule has 0 amide bonds. The first-order valence-electron chi connectivity index (χ1n) is 25.0. The number of aromatic nitrogens is 2. The minimum absolute atomic E-state index is 0.0363. The summed E-state index contributed by atoms with van der Waals surface area (Å²) < 4.78 is 7.02. The SMILES string of the molecule is O=C(O)c1ccccc1-c1c2cc(Cl)c(=O)c(CNc3cc(-c4ccccc4)cc4ccc(Cc5ccccc5)nc34)c-2oc2c(CNc3cc(-c4ccccc4)cc4ccc(Cc5ccccc5)nc34)c(O)ccc12. The lowest BCUT2D eigenvalue weighted by atomic mass is 9.88. The number of benzene rings is 9. The second kappa shape index (κ2) is 20.4. The van der Waals surface area contributed by atoms with E-state index in [4.69, 9.17) is 26.0 Å². The van der Waals surface area contributed by atoms with Crippen LogP contribution in [0.5, 0.6) is 5.75 Å². The summed E-state index contributed by atoms with van der Waals surface area (Å²) in [5, 5.41) is 32.1. The molecule has 0 radical (unpaired) electrons. The van der Waals surface area contributed by atoms with E-state index in [-0.39, 0.29) is 46.3 Å². The fourth-order valence-corrected chi connectivity index (χ4v) is 10.5. The van der Waals surface area contributed by atoms with Crippen molar-refractivity contribution in [1.29, 1.82) is 0 Å². The van der Waals surface area contributed by atoms with Gasteiger partial charge in [0.25, 0.3) is 0 Å². The summed E-state index contributed by atoms with van der Waals surface area (Å²) >= 11 is 6.95. The summed E-state index contributed by atoms with van der Waals surface area (Å²) in [6.07, 6.45) is 1.26. The Morgan fingerprint density at radius 2 is 1.03 bits per heavy atom. The van der Waals surface area contributed by atoms with Gasteiger partial charge in [0.05, 0.1) is 44.1 Å². The van der Waals surface area contributed by atoms with Gasteiger partial charge in [0.15, 0.2) is 0 Å². The minimum Gasteiger partial charge on any atom is -0.507 e. The van der Waals surface area contributed by atoms with E-state index in [0.717, 1.165) is 66.7 Å². The highest BCUT2D eigenvalue weighted by Crippen LogP contribution is 2.46. The van der Waals surface area contributed by atoms with E-state index in [1.807, 2.05) is 97.1 Å². The van der Waals surface area contributed by atoms with Crippen molar-refractivity contribution in [3.05, 3.63) is 267 Å². The number of hydrogen-bond donors (Lipinski definition) is 4. The third-order valence-electron chi connectivity index (χ3n) is 14.0. The molecule has 1 aliphatic carbocycles. The maximum absolute atomic E-state index is 14.6. The number of carboxylic acids is 1. The van der Waals surface area contributed by atoms with Crippen LogP contribution in [0.2, 0.25) is 5.02 Å². The lowest BCUT2D eigenvalue weighted by Gasteiger charge is -2.22. The number of aromatic carboxylic acids is 1. The zero-order valence-corrected chi connectivity index (χ0v) is 41.7. The zero-order valence-electron chi connectivity index (χ0n) is 40.9. The number of anilines is 2. The van der Waals surface area contributed by atoms with Crippen molar-refractivity contribution in [2.75, 3.05) is 10.6 Å². The number of fused-ring (bicyclic) bond motifs is 4. The van der Waals surface area contributed by atoms with Crippen LogP contribution in [0.3, 0.4) is 0 Å². The summed E-state index contributed by atoms with van der Waals surface area (Å²) in [5.41, 5.74) is 12.5. The van der Waals surface area contributed by atoms with E-state index in [0.29, 0.717) is 51.7 Å². The highest BCUT2D eigenvalue weighted by Gasteiger charge is 2.28. The third-order valence-corrected chi connectivity index (χ3v) is 14.2. The summed E-state index contributed by atoms with van der Waals surface area (Å²) in [4.78, 5) is 38.1. The van der Waals surface area contributed by atoms with Gasteiger partial charge in [0, 0.05) is 64.6 Å². The Morgan fingerprint density at radius 1 is 0.526 bits per heavy atom. The smallest absolute Gasteiger partial charge is 0.336 e. The normalized spacial score (nSPS) is 11.4. The molecule has 368 valence electrons. The number of hydrogen-bond acceptors (Lipinski definition) is 8. The van der Waals surface area contributed by atoms with E-state index >= 15 is 0 Å². The van der Waals surface area contributed by atoms with E-state index in [1.54, 1.807) is 42.5 Å². The molecule has 0 spiro atoms. The number of phenolic OH excluding ortho intramolecular Hbond substituents is 1. The summed E-state index contributed by atoms with van der Waals surface area (Å²) in [5.74, 6) is -1.03. The van der Waals surface area contributed by atoms with Crippen molar-refractivity contribution in [3.8, 4) is 50.5 Å². The van der Waals surface area contributed by atoms with Gasteiger partial charge in [-0.2, -0.15) is 0 Å². The number of carboxylic acid groups (broad SMARTS) is 1. The summed E-state index contributed by atoms with van der Waals surface area (Å²) in [6.45, 7) is 0.00128. The monoisotopic (exact) mass is 1010 g/mol. The Bertz CT molecular complexity index is 4190. The Labute approximate surface area is 442 Å². The van der Waals surface area contributed by atoms with Crippen LogP contribution >= 0.6 is 11.6 Å². The zero-order chi connectivity index (χ0) is 51.7. The molecular formula is C66H47ClN4O5. The number of phenols is 1. The van der Waals surface area contributed by atoms with Crippen molar-refractivity contribution in [3.63, 3.8) is 0 Å². The average molecular weight is 1010 g/mol. The molecule has 2 aliphatic rings. The minimum atomic E-state index is -1.14. The van der Waals surface area contributed by atoms with Gasteiger partial charge in [-0.15, -0.1) is 0 Å². The quantitative estimate of drug-likeness (QED) is 0.0785. The van der Waals surface area contributed by atoms with Crippen LogP contribution in [-0.2, 0) is 25.9 Å². The third kappa shape index (κ3) is 9.36. The van der Waals surface area contributed by atoms with Gasteiger partial charge in [0.2, 0.25) is 5.43 Å². The van der Waals surface area contributed by atoms with Crippen molar-refractivity contribution in [2.45, 2.75) is 25.9 Å². The second-order valence-electron chi connectivity index (χ2n) is 18.9. The Balaban J connectivity index is 1.02. The summed E-state index contributed by atoms with van der Waals surface area (Å²) in [7, 11) is 0. The number of nitrogens with zero attached hydrogens (tertiary/aromatic N) is 2. The van der Waals surface area contributed by atoms with Crippen LogP contribution in [0.4, 0.5) is 11.4 Å². The van der Waals surface area contributed by atoms with E-state index in [2.05, 4.69) is 83.4 Å². The van der Waals surface area contributed by atoms with Gasteiger partial charge >= 0.3 is 5.97 Å². The number of pyridine rings is 2. The molecule has 4 N–H and O–H groups in total. The van der Waals surface area contributed by atoms with Crippen LogP contribution < -0.4 is 16.1 Å². The number of carbonyl (C=O) groups is 1. The molecule has 2 aromatic heterocycles. The van der Waals surface area contributed by atoms with Gasteiger partial charge < -0.3 is 25.3 Å². The molecule has 0 bridgehead atoms. The van der Waals surface area contributed by atoms with Gasteiger partial charge in [-0.05, 0) is 99.6 Å². The lowest BCUT2D eigenvalue weighted by Crippen LogP contribution is -2.17. The van der Waals surface area contributed by atoms with Crippen molar-refractivity contribution in [1.82, 2.24) is 9.97 Å². The fourth-order valence-electron chi connectivity index (χ4n) is 10.2. The molecule has 12 rings (SSSR count). The van der Waals surface area contributed by atoms with E-state index < -0.39 is 11.4 Å².